The zero-order valence-electron chi connectivity index (χ0n) is 16.5. The van der Waals surface area contributed by atoms with Crippen LogP contribution in [-0.2, 0) is 4.79 Å². The molecule has 4 aliphatic rings. The topological polar surface area (TPSA) is 42.2 Å². The van der Waals surface area contributed by atoms with Crippen molar-refractivity contribution in [3.05, 3.63) is 42.4 Å². The van der Waals surface area contributed by atoms with Gasteiger partial charge in [-0.05, 0) is 91.9 Å². The van der Waals surface area contributed by atoms with Crippen LogP contribution in [-0.4, -0.2) is 11.9 Å². The lowest BCUT2D eigenvalue weighted by Crippen LogP contribution is -2.59. The second kappa shape index (κ2) is 6.12. The van der Waals surface area contributed by atoms with E-state index in [9.17, 15) is 4.79 Å². The van der Waals surface area contributed by atoms with Crippen LogP contribution in [0.5, 0.6) is 0 Å². The van der Waals surface area contributed by atoms with Gasteiger partial charge in [0.2, 0.25) is 5.91 Å². The van der Waals surface area contributed by atoms with E-state index in [2.05, 4.69) is 37.4 Å². The number of allylic oxidation sites excluding steroid dienone is 1. The van der Waals surface area contributed by atoms with Crippen molar-refractivity contribution >= 4 is 12.0 Å². The van der Waals surface area contributed by atoms with Gasteiger partial charge >= 0.3 is 0 Å². The van der Waals surface area contributed by atoms with Crippen molar-refractivity contribution in [1.29, 1.82) is 0 Å². The minimum atomic E-state index is 0.0977. The molecule has 1 aromatic heterocycles. The van der Waals surface area contributed by atoms with Crippen molar-refractivity contribution in [1.82, 2.24) is 5.32 Å². The molecule has 5 rings (SSSR count). The second-order valence-corrected chi connectivity index (χ2v) is 9.82. The highest BCUT2D eigenvalue weighted by molar-refractivity contribution is 5.89. The van der Waals surface area contributed by atoms with Crippen LogP contribution in [0, 0.1) is 34.5 Å². The van der Waals surface area contributed by atoms with Gasteiger partial charge in [0.05, 0.1) is 6.26 Å². The predicted octanol–water partition coefficient (Wildman–Crippen LogP) is 5.21. The second-order valence-electron chi connectivity index (χ2n) is 9.82. The molecule has 3 aliphatic carbocycles. The summed E-state index contributed by atoms with van der Waals surface area (Å²) in [5.41, 5.74) is 0.551. The molecule has 144 valence electrons. The van der Waals surface area contributed by atoms with E-state index in [1.165, 1.54) is 32.1 Å². The van der Waals surface area contributed by atoms with Gasteiger partial charge in [0.1, 0.15) is 5.76 Å². The highest BCUT2D eigenvalue weighted by atomic mass is 16.3. The molecule has 1 unspecified atom stereocenters. The first-order chi connectivity index (χ1) is 13.0. The van der Waals surface area contributed by atoms with Crippen LogP contribution in [0.25, 0.3) is 6.08 Å². The molecule has 0 saturated heterocycles. The molecule has 0 bridgehead atoms. The van der Waals surface area contributed by atoms with Gasteiger partial charge in [0.25, 0.3) is 0 Å². The third-order valence-electron chi connectivity index (χ3n) is 8.80. The number of carbonyl (C=O) groups is 1. The van der Waals surface area contributed by atoms with E-state index in [1.807, 2.05) is 12.1 Å². The van der Waals surface area contributed by atoms with Crippen LogP contribution >= 0.6 is 0 Å². The fourth-order valence-corrected chi connectivity index (χ4v) is 7.29. The molecular formula is C24H31NO2. The lowest BCUT2D eigenvalue weighted by atomic mass is 9.48. The molecular weight excluding hydrogens is 334 g/mol. The monoisotopic (exact) mass is 365 g/mol. The Morgan fingerprint density at radius 1 is 1.15 bits per heavy atom. The van der Waals surface area contributed by atoms with Crippen LogP contribution in [0.1, 0.15) is 58.1 Å². The van der Waals surface area contributed by atoms with E-state index < -0.39 is 0 Å². The zero-order valence-corrected chi connectivity index (χ0v) is 16.5. The Morgan fingerprint density at radius 2 is 2.04 bits per heavy atom. The Morgan fingerprint density at radius 3 is 2.85 bits per heavy atom. The average molecular weight is 366 g/mol. The summed E-state index contributed by atoms with van der Waals surface area (Å²) in [4.78, 5) is 11.9. The van der Waals surface area contributed by atoms with Crippen molar-refractivity contribution in [2.24, 2.45) is 34.5 Å². The largest absolute Gasteiger partial charge is 0.465 e. The standard InChI is InChI=1S/C24H31NO2/c1-23-13-11-20-18(8-10-21-24(20,2)14-12-22(26)25-21)19(23)9-6-16(23)5-7-17-4-3-15-27-17/h3-5,7,12,14-16,18-21H,6,8-11,13H2,1-2H3,(H,25,26)/b7-5+/t16-,18-,19-,20-,21?,23+,24+/m0/s1. The fourth-order valence-electron chi connectivity index (χ4n) is 7.29. The molecule has 27 heavy (non-hydrogen) atoms. The first-order valence-electron chi connectivity index (χ1n) is 10.7. The maximum atomic E-state index is 11.9. The molecule has 3 fully saturated rings. The molecule has 1 aliphatic heterocycles. The predicted molar refractivity (Wildman–Crippen MR) is 107 cm³/mol. The third kappa shape index (κ3) is 2.57. The quantitative estimate of drug-likeness (QED) is 0.782. The number of hydrogen-bond acceptors (Lipinski definition) is 2. The van der Waals surface area contributed by atoms with Gasteiger partial charge in [-0.25, -0.2) is 0 Å². The van der Waals surface area contributed by atoms with Crippen molar-refractivity contribution in [3.63, 3.8) is 0 Å². The first kappa shape index (κ1) is 17.3. The van der Waals surface area contributed by atoms with Crippen molar-refractivity contribution in [2.45, 2.75) is 58.4 Å². The minimum absolute atomic E-state index is 0.0977. The number of nitrogens with one attached hydrogen (secondary N) is 1. The highest BCUT2D eigenvalue weighted by Gasteiger charge is 2.59. The number of carbonyl (C=O) groups excluding carboxylic acids is 1. The summed E-state index contributed by atoms with van der Waals surface area (Å²) in [6.45, 7) is 4.95. The summed E-state index contributed by atoms with van der Waals surface area (Å²) in [6.07, 6.45) is 18.0. The molecule has 1 amide bonds. The first-order valence-corrected chi connectivity index (χ1v) is 10.7. The van der Waals surface area contributed by atoms with Crippen molar-refractivity contribution < 1.29 is 9.21 Å². The zero-order chi connectivity index (χ0) is 18.6. The Hall–Kier alpha value is -1.77. The van der Waals surface area contributed by atoms with E-state index in [0.717, 1.165) is 24.0 Å². The Balaban J connectivity index is 1.40. The van der Waals surface area contributed by atoms with Crippen LogP contribution in [0.3, 0.4) is 0 Å². The van der Waals surface area contributed by atoms with Crippen LogP contribution in [0.4, 0.5) is 0 Å². The molecule has 1 N–H and O–H groups in total. The summed E-state index contributed by atoms with van der Waals surface area (Å²) in [6, 6.07) is 4.32. The number of rotatable bonds is 2. The van der Waals surface area contributed by atoms with Gasteiger partial charge in [-0.3, -0.25) is 4.79 Å². The molecule has 1 aromatic rings. The summed E-state index contributed by atoms with van der Waals surface area (Å²) >= 11 is 0. The number of fused-ring (bicyclic) bond motifs is 5. The van der Waals surface area contributed by atoms with Gasteiger partial charge in [0, 0.05) is 11.5 Å². The van der Waals surface area contributed by atoms with Crippen molar-refractivity contribution in [3.8, 4) is 0 Å². The summed E-state index contributed by atoms with van der Waals surface area (Å²) in [5, 5.41) is 3.26. The minimum Gasteiger partial charge on any atom is -0.465 e. The maximum absolute atomic E-state index is 11.9. The lowest BCUT2D eigenvalue weighted by molar-refractivity contribution is -0.122. The average Bonchev–Trinajstić information content (AvgIpc) is 3.28. The molecule has 3 saturated carbocycles. The van der Waals surface area contributed by atoms with E-state index >= 15 is 0 Å². The van der Waals surface area contributed by atoms with E-state index in [4.69, 9.17) is 4.42 Å². The van der Waals surface area contributed by atoms with Gasteiger partial charge < -0.3 is 9.73 Å². The fraction of sp³-hybridized carbons (Fsp3) is 0.625. The Kier molecular flexibility index (Phi) is 3.93. The molecule has 2 heterocycles. The maximum Gasteiger partial charge on any atom is 0.243 e. The molecule has 0 aromatic carbocycles. The van der Waals surface area contributed by atoms with Gasteiger partial charge in [-0.2, -0.15) is 0 Å². The number of hydrogen-bond donors (Lipinski definition) is 1. The number of amides is 1. The van der Waals surface area contributed by atoms with Crippen LogP contribution < -0.4 is 5.32 Å². The molecule has 0 spiro atoms. The normalized spacial score (nSPS) is 46.0. The number of furan rings is 1. The summed E-state index contributed by atoms with van der Waals surface area (Å²) < 4.78 is 5.50. The van der Waals surface area contributed by atoms with Crippen LogP contribution in [0.15, 0.2) is 41.0 Å². The summed E-state index contributed by atoms with van der Waals surface area (Å²) in [7, 11) is 0. The smallest absolute Gasteiger partial charge is 0.243 e. The molecule has 0 radical (unpaired) electrons. The molecule has 3 nitrogen and oxygen atoms in total. The Bertz CT molecular complexity index is 778. The lowest BCUT2D eigenvalue weighted by Gasteiger charge is -2.58. The highest BCUT2D eigenvalue weighted by Crippen LogP contribution is 2.65. The van der Waals surface area contributed by atoms with Crippen LogP contribution in [0.2, 0.25) is 0 Å². The molecule has 3 heteroatoms. The molecule has 7 atom stereocenters. The SMILES string of the molecule is C[C@]12CC[C@H]3[C@@H](CCC4NC(=O)C=C[C@@]43C)[C@@H]1CC[C@@H]2/C=C/c1ccco1. The van der Waals surface area contributed by atoms with Gasteiger partial charge in [-0.1, -0.05) is 26.0 Å². The third-order valence-corrected chi connectivity index (χ3v) is 8.80. The van der Waals surface area contributed by atoms with E-state index in [-0.39, 0.29) is 11.3 Å². The van der Waals surface area contributed by atoms with Crippen molar-refractivity contribution in [2.75, 3.05) is 0 Å². The summed E-state index contributed by atoms with van der Waals surface area (Å²) in [5.74, 6) is 4.03. The van der Waals surface area contributed by atoms with E-state index in [0.29, 0.717) is 23.3 Å². The van der Waals surface area contributed by atoms with Gasteiger partial charge in [0.15, 0.2) is 0 Å². The Labute approximate surface area is 162 Å². The van der Waals surface area contributed by atoms with Gasteiger partial charge in [-0.15, -0.1) is 0 Å². The van der Waals surface area contributed by atoms with E-state index in [1.54, 1.807) is 12.3 Å².